The molecule has 8 heteroatoms. The van der Waals surface area contributed by atoms with Gasteiger partial charge in [-0.15, -0.1) is 0 Å². The molecule has 2 aromatic carbocycles. The van der Waals surface area contributed by atoms with E-state index < -0.39 is 23.7 Å². The van der Waals surface area contributed by atoms with Crippen LogP contribution < -0.4 is 15.0 Å². The molecule has 1 heterocycles. The molecule has 1 aliphatic heterocycles. The molecule has 1 fully saturated rings. The number of methoxy groups -OCH3 is 1. The van der Waals surface area contributed by atoms with E-state index in [2.05, 4.69) is 5.32 Å². The number of halogens is 3. The number of carbonyl (C=O) groups excluding carboxylic acids is 2. The highest BCUT2D eigenvalue weighted by Crippen LogP contribution is 2.29. The van der Waals surface area contributed by atoms with Crippen molar-refractivity contribution in [3.05, 3.63) is 59.7 Å². The molecular weight excluding hydrogens is 361 g/mol. The van der Waals surface area contributed by atoms with Gasteiger partial charge in [0.2, 0.25) is 5.91 Å². The molecule has 142 valence electrons. The van der Waals surface area contributed by atoms with Gasteiger partial charge < -0.3 is 15.0 Å². The third kappa shape index (κ3) is 4.21. The summed E-state index contributed by atoms with van der Waals surface area (Å²) in [7, 11) is 1.54. The minimum atomic E-state index is -4.45. The van der Waals surface area contributed by atoms with Crippen LogP contribution in [0.3, 0.4) is 0 Å². The van der Waals surface area contributed by atoms with Crippen molar-refractivity contribution in [3.63, 3.8) is 0 Å². The Morgan fingerprint density at radius 2 is 1.74 bits per heavy atom. The van der Waals surface area contributed by atoms with Crippen molar-refractivity contribution in [1.29, 1.82) is 0 Å². The topological polar surface area (TPSA) is 58.6 Å². The molecule has 2 aromatic rings. The smallest absolute Gasteiger partial charge is 0.416 e. The zero-order valence-corrected chi connectivity index (χ0v) is 14.4. The zero-order chi connectivity index (χ0) is 19.6. The Hall–Kier alpha value is -3.03. The van der Waals surface area contributed by atoms with Crippen molar-refractivity contribution >= 4 is 17.5 Å². The summed E-state index contributed by atoms with van der Waals surface area (Å²) in [6.45, 7) is 0.289. The van der Waals surface area contributed by atoms with Gasteiger partial charge in [0.25, 0.3) is 5.91 Å². The molecule has 0 saturated carbocycles. The first-order valence-corrected chi connectivity index (χ1v) is 8.20. The lowest BCUT2D eigenvalue weighted by atomic mass is 10.1. The predicted molar refractivity (Wildman–Crippen MR) is 92.7 cm³/mol. The third-order valence-corrected chi connectivity index (χ3v) is 4.32. The van der Waals surface area contributed by atoms with E-state index in [0.29, 0.717) is 11.4 Å². The zero-order valence-electron chi connectivity index (χ0n) is 14.4. The van der Waals surface area contributed by atoms with Crippen LogP contribution in [0.1, 0.15) is 22.3 Å². The lowest BCUT2D eigenvalue weighted by molar-refractivity contribution is -0.137. The van der Waals surface area contributed by atoms with Crippen molar-refractivity contribution in [2.24, 2.45) is 0 Å². The highest BCUT2D eigenvalue weighted by atomic mass is 19.4. The summed E-state index contributed by atoms with van der Waals surface area (Å²) in [5.74, 6) is 0.00791. The van der Waals surface area contributed by atoms with E-state index in [1.165, 1.54) is 0 Å². The maximum absolute atomic E-state index is 12.6. The fourth-order valence-corrected chi connectivity index (χ4v) is 2.90. The standard InChI is InChI=1S/C19H17F3N2O3/c1-27-16-8-6-15(7-9-16)24-11-14(10-17(24)25)23-18(26)12-2-4-13(5-3-12)19(20,21)22/h2-9,14H,10-11H2,1H3,(H,23,26). The SMILES string of the molecule is COc1ccc(N2CC(NC(=O)c3ccc(C(F)(F)F)cc3)CC2=O)cc1. The van der Waals surface area contributed by atoms with E-state index in [-0.39, 0.29) is 24.4 Å². The van der Waals surface area contributed by atoms with Crippen molar-refractivity contribution in [1.82, 2.24) is 5.32 Å². The third-order valence-electron chi connectivity index (χ3n) is 4.32. The summed E-state index contributed by atoms with van der Waals surface area (Å²) < 4.78 is 42.9. The van der Waals surface area contributed by atoms with Gasteiger partial charge in [-0.05, 0) is 48.5 Å². The van der Waals surface area contributed by atoms with E-state index in [4.69, 9.17) is 4.74 Å². The van der Waals surface area contributed by atoms with Crippen LogP contribution in [0, 0.1) is 0 Å². The number of benzene rings is 2. The van der Waals surface area contributed by atoms with Gasteiger partial charge in [0.15, 0.2) is 0 Å². The Balaban J connectivity index is 1.64. The number of ether oxygens (including phenoxy) is 1. The average molecular weight is 378 g/mol. The van der Waals surface area contributed by atoms with Gasteiger partial charge in [0.1, 0.15) is 5.75 Å². The summed E-state index contributed by atoms with van der Waals surface area (Å²) in [6.07, 6.45) is -4.33. The Bertz CT molecular complexity index is 833. The molecule has 2 amide bonds. The predicted octanol–water partition coefficient (Wildman–Crippen LogP) is 3.25. The minimum absolute atomic E-state index is 0.110. The summed E-state index contributed by atoms with van der Waals surface area (Å²) in [5.41, 5.74) is -0.0220. The molecule has 1 unspecified atom stereocenters. The molecule has 27 heavy (non-hydrogen) atoms. The number of alkyl halides is 3. The maximum Gasteiger partial charge on any atom is 0.416 e. The van der Waals surface area contributed by atoms with Crippen molar-refractivity contribution in [2.45, 2.75) is 18.6 Å². The molecule has 1 aliphatic rings. The number of nitrogens with zero attached hydrogens (tertiary/aromatic N) is 1. The van der Waals surface area contributed by atoms with Gasteiger partial charge in [0.05, 0.1) is 18.7 Å². The lowest BCUT2D eigenvalue weighted by Crippen LogP contribution is -2.37. The molecule has 5 nitrogen and oxygen atoms in total. The fourth-order valence-electron chi connectivity index (χ4n) is 2.90. The van der Waals surface area contributed by atoms with Crippen LogP contribution in [0.4, 0.5) is 18.9 Å². The van der Waals surface area contributed by atoms with Crippen LogP contribution in [0.15, 0.2) is 48.5 Å². The number of amides is 2. The molecule has 0 aromatic heterocycles. The second kappa shape index (κ2) is 7.30. The van der Waals surface area contributed by atoms with E-state index >= 15 is 0 Å². The highest BCUT2D eigenvalue weighted by molar-refractivity contribution is 5.99. The number of hydrogen-bond acceptors (Lipinski definition) is 3. The summed E-state index contributed by atoms with van der Waals surface area (Å²) in [6, 6.07) is 10.5. The lowest BCUT2D eigenvalue weighted by Gasteiger charge is -2.17. The number of hydrogen-bond donors (Lipinski definition) is 1. The maximum atomic E-state index is 12.6. The summed E-state index contributed by atoms with van der Waals surface area (Å²) in [5, 5.41) is 2.70. The first-order valence-electron chi connectivity index (χ1n) is 8.20. The summed E-state index contributed by atoms with van der Waals surface area (Å²) >= 11 is 0. The Labute approximate surface area is 153 Å². The van der Waals surface area contributed by atoms with E-state index in [9.17, 15) is 22.8 Å². The number of carbonyl (C=O) groups is 2. The number of anilines is 1. The molecule has 0 bridgehead atoms. The Morgan fingerprint density at radius 1 is 1.11 bits per heavy atom. The van der Waals surface area contributed by atoms with E-state index in [1.54, 1.807) is 36.3 Å². The molecular formula is C19H17F3N2O3. The van der Waals surface area contributed by atoms with Crippen LogP contribution in [0.2, 0.25) is 0 Å². The normalized spacial score (nSPS) is 17.1. The minimum Gasteiger partial charge on any atom is -0.497 e. The second-order valence-electron chi connectivity index (χ2n) is 6.15. The molecule has 3 rings (SSSR count). The first-order chi connectivity index (χ1) is 12.8. The molecule has 1 atom stereocenters. The van der Waals surface area contributed by atoms with Crippen molar-refractivity contribution in [3.8, 4) is 5.75 Å². The quantitative estimate of drug-likeness (QED) is 0.889. The molecule has 0 radical (unpaired) electrons. The van der Waals surface area contributed by atoms with Crippen LogP contribution in [-0.4, -0.2) is 31.5 Å². The Kier molecular flexibility index (Phi) is 5.07. The number of rotatable bonds is 4. The van der Waals surface area contributed by atoms with Gasteiger partial charge in [-0.2, -0.15) is 13.2 Å². The number of nitrogens with one attached hydrogen (secondary N) is 1. The molecule has 0 aliphatic carbocycles. The first kappa shape index (κ1) is 18.8. The van der Waals surface area contributed by atoms with Gasteiger partial charge in [-0.3, -0.25) is 9.59 Å². The van der Waals surface area contributed by atoms with Crippen LogP contribution >= 0.6 is 0 Å². The Morgan fingerprint density at radius 3 is 2.30 bits per heavy atom. The second-order valence-corrected chi connectivity index (χ2v) is 6.15. The van der Waals surface area contributed by atoms with Crippen molar-refractivity contribution in [2.75, 3.05) is 18.6 Å². The fraction of sp³-hybridized carbons (Fsp3) is 0.263. The van der Waals surface area contributed by atoms with Gasteiger partial charge >= 0.3 is 6.18 Å². The molecule has 0 spiro atoms. The van der Waals surface area contributed by atoms with Crippen LogP contribution in [0.25, 0.3) is 0 Å². The van der Waals surface area contributed by atoms with E-state index in [1.807, 2.05) is 0 Å². The molecule has 1 N–H and O–H groups in total. The molecule has 1 saturated heterocycles. The van der Waals surface area contributed by atoms with Gasteiger partial charge in [-0.1, -0.05) is 0 Å². The van der Waals surface area contributed by atoms with Crippen LogP contribution in [-0.2, 0) is 11.0 Å². The van der Waals surface area contributed by atoms with E-state index in [0.717, 1.165) is 24.3 Å². The average Bonchev–Trinajstić information content (AvgIpc) is 3.01. The largest absolute Gasteiger partial charge is 0.497 e. The van der Waals surface area contributed by atoms with Gasteiger partial charge in [-0.25, -0.2) is 0 Å². The van der Waals surface area contributed by atoms with Crippen molar-refractivity contribution < 1.29 is 27.5 Å². The van der Waals surface area contributed by atoms with Gasteiger partial charge in [0, 0.05) is 24.2 Å². The van der Waals surface area contributed by atoms with Crippen LogP contribution in [0.5, 0.6) is 5.75 Å². The summed E-state index contributed by atoms with van der Waals surface area (Å²) in [4.78, 5) is 26.0. The highest BCUT2D eigenvalue weighted by Gasteiger charge is 2.33. The monoisotopic (exact) mass is 378 g/mol.